The minimum atomic E-state index is -0.847. The SMILES string of the molecule is NCCCCC(CCc1ccccc1[N+](=O)[O-])C(=O)O. The van der Waals surface area contributed by atoms with Crippen LogP contribution in [0, 0.1) is 16.0 Å². The van der Waals surface area contributed by atoms with Crippen molar-refractivity contribution in [2.24, 2.45) is 11.7 Å². The van der Waals surface area contributed by atoms with Gasteiger partial charge in [-0.25, -0.2) is 0 Å². The lowest BCUT2D eigenvalue weighted by Crippen LogP contribution is -2.15. The van der Waals surface area contributed by atoms with Crippen LogP contribution >= 0.6 is 0 Å². The Morgan fingerprint density at radius 1 is 1.30 bits per heavy atom. The molecule has 20 heavy (non-hydrogen) atoms. The monoisotopic (exact) mass is 280 g/mol. The lowest BCUT2D eigenvalue weighted by Gasteiger charge is -2.12. The smallest absolute Gasteiger partial charge is 0.306 e. The van der Waals surface area contributed by atoms with E-state index in [2.05, 4.69) is 0 Å². The number of carboxylic acids is 1. The summed E-state index contributed by atoms with van der Waals surface area (Å²) in [6.07, 6.45) is 2.94. The van der Waals surface area contributed by atoms with Gasteiger partial charge in [0, 0.05) is 11.6 Å². The fourth-order valence-electron chi connectivity index (χ4n) is 2.16. The fourth-order valence-corrected chi connectivity index (χ4v) is 2.16. The van der Waals surface area contributed by atoms with Crippen molar-refractivity contribution in [3.8, 4) is 0 Å². The first-order chi connectivity index (χ1) is 9.56. The molecule has 0 bridgehead atoms. The van der Waals surface area contributed by atoms with Gasteiger partial charge in [-0.1, -0.05) is 24.6 Å². The highest BCUT2D eigenvalue weighted by Crippen LogP contribution is 2.22. The number of hydrogen-bond donors (Lipinski definition) is 2. The summed E-state index contributed by atoms with van der Waals surface area (Å²) in [7, 11) is 0. The quantitative estimate of drug-likeness (QED) is 0.410. The van der Waals surface area contributed by atoms with Crippen LogP contribution in [-0.2, 0) is 11.2 Å². The zero-order valence-corrected chi connectivity index (χ0v) is 11.3. The number of hydrogen-bond acceptors (Lipinski definition) is 4. The number of nitrogens with two attached hydrogens (primary N) is 1. The number of benzene rings is 1. The molecule has 0 spiro atoms. The summed E-state index contributed by atoms with van der Waals surface area (Å²) in [6.45, 7) is 0.552. The molecule has 1 unspecified atom stereocenters. The summed E-state index contributed by atoms with van der Waals surface area (Å²) in [6, 6.07) is 6.46. The van der Waals surface area contributed by atoms with E-state index in [4.69, 9.17) is 10.8 Å². The maximum Gasteiger partial charge on any atom is 0.306 e. The zero-order chi connectivity index (χ0) is 15.0. The molecule has 0 saturated carbocycles. The lowest BCUT2D eigenvalue weighted by atomic mass is 9.94. The van der Waals surface area contributed by atoms with Gasteiger partial charge < -0.3 is 10.8 Å². The summed E-state index contributed by atoms with van der Waals surface area (Å²) >= 11 is 0. The van der Waals surface area contributed by atoms with E-state index in [-0.39, 0.29) is 5.69 Å². The highest BCUT2D eigenvalue weighted by atomic mass is 16.6. The Bertz CT molecular complexity index is 462. The van der Waals surface area contributed by atoms with E-state index in [1.807, 2.05) is 0 Å². The van der Waals surface area contributed by atoms with Crippen LogP contribution < -0.4 is 5.73 Å². The highest BCUT2D eigenvalue weighted by molar-refractivity contribution is 5.69. The molecule has 0 saturated heterocycles. The first kappa shape index (κ1) is 16.1. The number of unbranched alkanes of at least 4 members (excludes halogenated alkanes) is 1. The Morgan fingerprint density at radius 3 is 2.60 bits per heavy atom. The Morgan fingerprint density at radius 2 is 2.00 bits per heavy atom. The van der Waals surface area contributed by atoms with Gasteiger partial charge in [-0.15, -0.1) is 0 Å². The summed E-state index contributed by atoms with van der Waals surface area (Å²) in [5.74, 6) is -1.32. The van der Waals surface area contributed by atoms with Crippen molar-refractivity contribution < 1.29 is 14.8 Å². The van der Waals surface area contributed by atoms with Crippen LogP contribution in [0.1, 0.15) is 31.2 Å². The minimum Gasteiger partial charge on any atom is -0.481 e. The van der Waals surface area contributed by atoms with Crippen LogP contribution in [-0.4, -0.2) is 22.5 Å². The molecule has 6 nitrogen and oxygen atoms in total. The van der Waals surface area contributed by atoms with Gasteiger partial charge in [-0.05, 0) is 32.2 Å². The standard InChI is InChI=1S/C14H20N2O4/c15-10-4-3-6-12(14(17)18)9-8-11-5-1-2-7-13(11)16(19)20/h1-2,5,7,12H,3-4,6,8-10,15H2,(H,17,18). The van der Waals surface area contributed by atoms with E-state index in [0.29, 0.717) is 31.4 Å². The van der Waals surface area contributed by atoms with E-state index >= 15 is 0 Å². The van der Waals surface area contributed by atoms with Crippen LogP contribution in [0.25, 0.3) is 0 Å². The third-order valence-corrected chi connectivity index (χ3v) is 3.31. The first-order valence-electron chi connectivity index (χ1n) is 6.71. The van der Waals surface area contributed by atoms with Gasteiger partial charge in [0.1, 0.15) is 0 Å². The van der Waals surface area contributed by atoms with Gasteiger partial charge in [0.15, 0.2) is 0 Å². The van der Waals surface area contributed by atoms with Gasteiger partial charge >= 0.3 is 5.97 Å². The fraction of sp³-hybridized carbons (Fsp3) is 0.500. The Balaban J connectivity index is 2.63. The lowest BCUT2D eigenvalue weighted by molar-refractivity contribution is -0.385. The van der Waals surface area contributed by atoms with Crippen LogP contribution in [0.4, 0.5) is 5.69 Å². The molecule has 6 heteroatoms. The molecule has 0 aliphatic carbocycles. The number of nitro groups is 1. The number of nitrogens with zero attached hydrogens (tertiary/aromatic N) is 1. The van der Waals surface area contributed by atoms with Gasteiger partial charge in [-0.2, -0.15) is 0 Å². The van der Waals surface area contributed by atoms with E-state index in [1.165, 1.54) is 6.07 Å². The molecule has 1 aromatic carbocycles. The molecule has 110 valence electrons. The summed E-state index contributed by atoms with van der Waals surface area (Å²) in [5, 5.41) is 20.1. The minimum absolute atomic E-state index is 0.0543. The first-order valence-corrected chi connectivity index (χ1v) is 6.71. The van der Waals surface area contributed by atoms with Crippen molar-refractivity contribution in [2.75, 3.05) is 6.54 Å². The Kier molecular flexibility index (Phi) is 6.66. The van der Waals surface area contributed by atoms with Crippen LogP contribution in [0.3, 0.4) is 0 Å². The predicted molar refractivity (Wildman–Crippen MR) is 75.4 cm³/mol. The summed E-state index contributed by atoms with van der Waals surface area (Å²) in [4.78, 5) is 21.6. The highest BCUT2D eigenvalue weighted by Gasteiger charge is 2.19. The van der Waals surface area contributed by atoms with E-state index < -0.39 is 16.8 Å². The van der Waals surface area contributed by atoms with Crippen molar-refractivity contribution >= 4 is 11.7 Å². The van der Waals surface area contributed by atoms with Crippen molar-refractivity contribution in [1.29, 1.82) is 0 Å². The summed E-state index contributed by atoms with van der Waals surface area (Å²) < 4.78 is 0. The van der Waals surface area contributed by atoms with Gasteiger partial charge in [0.05, 0.1) is 10.8 Å². The average molecular weight is 280 g/mol. The molecular formula is C14H20N2O4. The summed E-state index contributed by atoms with van der Waals surface area (Å²) in [5.41, 5.74) is 6.03. The molecule has 0 aliphatic heterocycles. The molecule has 0 heterocycles. The number of aliphatic carboxylic acids is 1. The normalized spacial score (nSPS) is 12.1. The Labute approximate surface area is 117 Å². The largest absolute Gasteiger partial charge is 0.481 e. The van der Waals surface area contributed by atoms with Crippen molar-refractivity contribution in [3.05, 3.63) is 39.9 Å². The van der Waals surface area contributed by atoms with Crippen molar-refractivity contribution in [1.82, 2.24) is 0 Å². The van der Waals surface area contributed by atoms with Crippen molar-refractivity contribution in [3.63, 3.8) is 0 Å². The van der Waals surface area contributed by atoms with E-state index in [9.17, 15) is 14.9 Å². The number of carbonyl (C=O) groups is 1. The molecule has 0 amide bonds. The predicted octanol–water partition coefficient (Wildman–Crippen LogP) is 2.36. The number of rotatable bonds is 9. The number of nitro benzene ring substituents is 1. The zero-order valence-electron chi connectivity index (χ0n) is 11.3. The van der Waals surface area contributed by atoms with Crippen LogP contribution in [0.5, 0.6) is 0 Å². The van der Waals surface area contributed by atoms with Crippen LogP contribution in [0.15, 0.2) is 24.3 Å². The number of para-hydroxylation sites is 1. The molecule has 1 aromatic rings. The molecule has 0 radical (unpaired) electrons. The average Bonchev–Trinajstić information content (AvgIpc) is 2.42. The number of aryl methyl sites for hydroxylation is 1. The molecule has 1 rings (SSSR count). The van der Waals surface area contributed by atoms with E-state index in [1.54, 1.807) is 18.2 Å². The third kappa shape index (κ3) is 4.97. The Hall–Kier alpha value is -1.95. The molecule has 1 atom stereocenters. The topological polar surface area (TPSA) is 106 Å². The second kappa shape index (κ2) is 8.27. The number of carboxylic acid groups (broad SMARTS) is 1. The molecule has 3 N–H and O–H groups in total. The second-order valence-corrected chi connectivity index (χ2v) is 4.74. The van der Waals surface area contributed by atoms with E-state index in [0.717, 1.165) is 12.8 Å². The van der Waals surface area contributed by atoms with Crippen LogP contribution in [0.2, 0.25) is 0 Å². The third-order valence-electron chi connectivity index (χ3n) is 3.31. The molecule has 0 aliphatic rings. The second-order valence-electron chi connectivity index (χ2n) is 4.74. The maximum atomic E-state index is 11.2. The van der Waals surface area contributed by atoms with Crippen molar-refractivity contribution in [2.45, 2.75) is 32.1 Å². The van der Waals surface area contributed by atoms with Gasteiger partial charge in [0.2, 0.25) is 0 Å². The van der Waals surface area contributed by atoms with Gasteiger partial charge in [0.25, 0.3) is 5.69 Å². The molecular weight excluding hydrogens is 260 g/mol. The van der Waals surface area contributed by atoms with Gasteiger partial charge in [-0.3, -0.25) is 14.9 Å². The molecule has 0 fully saturated rings. The maximum absolute atomic E-state index is 11.2. The molecule has 0 aromatic heterocycles.